The Hall–Kier alpha value is -2.73. The molecule has 0 bridgehead atoms. The van der Waals surface area contributed by atoms with Gasteiger partial charge in [-0.3, -0.25) is 0 Å². The van der Waals surface area contributed by atoms with Crippen LogP contribution >= 0.6 is 11.6 Å². The van der Waals surface area contributed by atoms with Gasteiger partial charge < -0.3 is 32.3 Å². The van der Waals surface area contributed by atoms with E-state index in [1.54, 1.807) is 31.4 Å². The Kier molecular flexibility index (Phi) is 8.99. The summed E-state index contributed by atoms with van der Waals surface area (Å²) in [5.74, 6) is 0.169. The van der Waals surface area contributed by atoms with Gasteiger partial charge in [0, 0.05) is 13.1 Å². The molecule has 0 spiro atoms. The summed E-state index contributed by atoms with van der Waals surface area (Å²) in [7, 11) is 1.59. The molecule has 2 N–H and O–H groups in total. The number of carboxylic acid groups (broad SMARTS) is 1. The Balaban J connectivity index is 0.00000320. The van der Waals surface area contributed by atoms with Crippen LogP contribution in [-0.4, -0.2) is 18.2 Å². The minimum atomic E-state index is -0.930. The number of hydrogen-bond acceptors (Lipinski definition) is 4. The SMILES string of the molecule is COc1cc(CNCc2ccc(C(=O)O)cc2)cc(Cl)c1OCc1ccccc1.[Cl-]. The smallest absolute Gasteiger partial charge is 0.335 e. The fourth-order valence-electron chi connectivity index (χ4n) is 2.86. The number of carbonyl (C=O) groups is 1. The molecule has 0 unspecified atom stereocenters. The second-order valence-corrected chi connectivity index (χ2v) is 6.90. The number of hydrogen-bond donors (Lipinski definition) is 2. The summed E-state index contributed by atoms with van der Waals surface area (Å²) in [6.45, 7) is 1.59. The molecule has 0 saturated heterocycles. The quantitative estimate of drug-likeness (QED) is 0.525. The second kappa shape index (κ2) is 11.5. The summed E-state index contributed by atoms with van der Waals surface area (Å²) < 4.78 is 11.3. The molecule has 158 valence electrons. The molecular formula is C23H22Cl2NO4-. The van der Waals surface area contributed by atoms with E-state index < -0.39 is 5.97 Å². The first-order valence-electron chi connectivity index (χ1n) is 9.13. The zero-order valence-electron chi connectivity index (χ0n) is 16.4. The average molecular weight is 447 g/mol. The van der Waals surface area contributed by atoms with Crippen molar-refractivity contribution in [3.8, 4) is 11.5 Å². The van der Waals surface area contributed by atoms with Gasteiger partial charge >= 0.3 is 5.97 Å². The molecule has 0 aliphatic carbocycles. The van der Waals surface area contributed by atoms with Crippen molar-refractivity contribution in [2.24, 2.45) is 0 Å². The van der Waals surface area contributed by atoms with Crippen molar-refractivity contribution in [2.75, 3.05) is 7.11 Å². The van der Waals surface area contributed by atoms with Crippen molar-refractivity contribution in [3.63, 3.8) is 0 Å². The lowest BCUT2D eigenvalue weighted by molar-refractivity contribution is -0.0000218. The van der Waals surface area contributed by atoms with Gasteiger partial charge in [0.1, 0.15) is 6.61 Å². The number of nitrogens with one attached hydrogen (secondary N) is 1. The van der Waals surface area contributed by atoms with E-state index in [9.17, 15) is 4.79 Å². The molecular weight excluding hydrogens is 425 g/mol. The van der Waals surface area contributed by atoms with Crippen LogP contribution in [0.4, 0.5) is 0 Å². The van der Waals surface area contributed by atoms with Gasteiger partial charge in [-0.05, 0) is 41.0 Å². The molecule has 0 saturated carbocycles. The molecule has 3 rings (SSSR count). The normalized spacial score (nSPS) is 10.2. The monoisotopic (exact) mass is 446 g/mol. The van der Waals surface area contributed by atoms with E-state index in [1.807, 2.05) is 42.5 Å². The Labute approximate surface area is 187 Å². The van der Waals surface area contributed by atoms with Crippen molar-refractivity contribution < 1.29 is 31.8 Å². The lowest BCUT2D eigenvalue weighted by Gasteiger charge is -2.15. The van der Waals surface area contributed by atoms with Gasteiger partial charge in [0.05, 0.1) is 17.7 Å². The summed E-state index contributed by atoms with van der Waals surface area (Å²) in [4.78, 5) is 10.9. The van der Waals surface area contributed by atoms with Crippen LogP contribution in [0.2, 0.25) is 5.02 Å². The third-order valence-corrected chi connectivity index (χ3v) is 4.66. The van der Waals surface area contributed by atoms with Gasteiger partial charge in [-0.1, -0.05) is 54.1 Å². The van der Waals surface area contributed by atoms with Crippen LogP contribution in [0.3, 0.4) is 0 Å². The minimum Gasteiger partial charge on any atom is -1.00 e. The van der Waals surface area contributed by atoms with Crippen LogP contribution in [-0.2, 0) is 19.7 Å². The molecule has 3 aromatic rings. The van der Waals surface area contributed by atoms with Crippen LogP contribution in [0, 0.1) is 0 Å². The molecule has 0 radical (unpaired) electrons. The highest BCUT2D eigenvalue weighted by molar-refractivity contribution is 6.32. The first-order valence-corrected chi connectivity index (χ1v) is 9.50. The number of rotatable bonds is 9. The van der Waals surface area contributed by atoms with Crippen LogP contribution in [0.5, 0.6) is 11.5 Å². The van der Waals surface area contributed by atoms with Crippen LogP contribution in [0.1, 0.15) is 27.0 Å². The summed E-state index contributed by atoms with van der Waals surface area (Å²) in [6.07, 6.45) is 0. The summed E-state index contributed by atoms with van der Waals surface area (Å²) in [5, 5.41) is 12.8. The van der Waals surface area contributed by atoms with Gasteiger partial charge in [-0.15, -0.1) is 0 Å². The molecule has 0 aromatic heterocycles. The van der Waals surface area contributed by atoms with Crippen LogP contribution < -0.4 is 27.2 Å². The van der Waals surface area contributed by atoms with Crippen LogP contribution in [0.15, 0.2) is 66.7 Å². The largest absolute Gasteiger partial charge is 1.00 e. The van der Waals surface area contributed by atoms with Gasteiger partial charge in [-0.2, -0.15) is 0 Å². The Morgan fingerprint density at radius 3 is 2.27 bits per heavy atom. The number of benzene rings is 3. The van der Waals surface area contributed by atoms with E-state index in [4.69, 9.17) is 26.2 Å². The Morgan fingerprint density at radius 1 is 0.967 bits per heavy atom. The van der Waals surface area contributed by atoms with Gasteiger partial charge in [0.15, 0.2) is 11.5 Å². The standard InChI is InChI=1S/C23H22ClNO4.ClH/c1-28-21-12-18(14-25-13-16-7-9-19(10-8-16)23(26)27)11-20(24)22(21)29-15-17-5-3-2-4-6-17;/h2-12,25H,13-15H2,1H3,(H,26,27);1H/p-1. The fourth-order valence-corrected chi connectivity index (χ4v) is 3.15. The highest BCUT2D eigenvalue weighted by Gasteiger charge is 2.12. The molecule has 0 atom stereocenters. The van der Waals surface area contributed by atoms with E-state index in [2.05, 4.69) is 5.32 Å². The minimum absolute atomic E-state index is 0. The summed E-state index contributed by atoms with van der Waals surface area (Å²) >= 11 is 6.43. The van der Waals surface area contributed by atoms with E-state index >= 15 is 0 Å². The van der Waals surface area contributed by atoms with E-state index in [-0.39, 0.29) is 18.0 Å². The number of ether oxygens (including phenoxy) is 2. The lowest BCUT2D eigenvalue weighted by Crippen LogP contribution is -3.00. The molecule has 30 heavy (non-hydrogen) atoms. The van der Waals surface area contributed by atoms with Crippen LogP contribution in [0.25, 0.3) is 0 Å². The Morgan fingerprint density at radius 2 is 1.63 bits per heavy atom. The maximum Gasteiger partial charge on any atom is 0.335 e. The van der Waals surface area contributed by atoms with Crippen molar-refractivity contribution >= 4 is 17.6 Å². The van der Waals surface area contributed by atoms with Crippen molar-refractivity contribution in [2.45, 2.75) is 19.7 Å². The van der Waals surface area contributed by atoms with Crippen molar-refractivity contribution in [3.05, 3.63) is 94.0 Å². The topological polar surface area (TPSA) is 67.8 Å². The van der Waals surface area contributed by atoms with E-state index in [0.717, 1.165) is 16.7 Å². The first kappa shape index (κ1) is 23.5. The van der Waals surface area contributed by atoms with Gasteiger partial charge in [0.25, 0.3) is 0 Å². The molecule has 5 nitrogen and oxygen atoms in total. The summed E-state index contributed by atoms with van der Waals surface area (Å²) in [5.41, 5.74) is 3.28. The molecule has 0 fully saturated rings. The zero-order valence-corrected chi connectivity index (χ0v) is 17.9. The first-order chi connectivity index (χ1) is 14.1. The maximum absolute atomic E-state index is 10.9. The summed E-state index contributed by atoms with van der Waals surface area (Å²) in [6, 6.07) is 20.4. The average Bonchev–Trinajstić information content (AvgIpc) is 2.73. The number of carboxylic acids is 1. The number of methoxy groups -OCH3 is 1. The third kappa shape index (κ3) is 6.39. The third-order valence-electron chi connectivity index (χ3n) is 4.37. The van der Waals surface area contributed by atoms with Gasteiger partial charge in [-0.25, -0.2) is 4.79 Å². The predicted octanol–water partition coefficient (Wildman–Crippen LogP) is 1.92. The van der Waals surface area contributed by atoms with Gasteiger partial charge in [0.2, 0.25) is 0 Å². The Bertz CT molecular complexity index is 963. The van der Waals surface area contributed by atoms with E-state index in [0.29, 0.717) is 36.2 Å². The number of aromatic carboxylic acids is 1. The molecule has 0 aliphatic heterocycles. The van der Waals surface area contributed by atoms with Crippen molar-refractivity contribution in [1.29, 1.82) is 0 Å². The molecule has 3 aromatic carbocycles. The fraction of sp³-hybridized carbons (Fsp3) is 0.174. The predicted molar refractivity (Wildman–Crippen MR) is 113 cm³/mol. The van der Waals surface area contributed by atoms with E-state index in [1.165, 1.54) is 0 Å². The van der Waals surface area contributed by atoms with Crippen molar-refractivity contribution in [1.82, 2.24) is 5.32 Å². The molecule has 0 amide bonds. The second-order valence-electron chi connectivity index (χ2n) is 6.49. The zero-order chi connectivity index (χ0) is 20.6. The molecule has 0 aliphatic rings. The highest BCUT2D eigenvalue weighted by Crippen LogP contribution is 2.37. The highest BCUT2D eigenvalue weighted by atomic mass is 35.5. The number of halogens is 2. The lowest BCUT2D eigenvalue weighted by atomic mass is 10.1. The molecule has 7 heteroatoms. The maximum atomic E-state index is 10.9. The molecule has 0 heterocycles.